The van der Waals surface area contributed by atoms with Crippen LogP contribution in [0, 0.1) is 5.92 Å². The lowest BCUT2D eigenvalue weighted by atomic mass is 9.86. The average Bonchev–Trinajstić information content (AvgIpc) is 2.57. The van der Waals surface area contributed by atoms with Gasteiger partial charge in [-0.05, 0) is 57.4 Å². The maximum atomic E-state index is 5.99. The van der Waals surface area contributed by atoms with E-state index < -0.39 is 0 Å². The zero-order valence-electron chi connectivity index (χ0n) is 11.5. The predicted molar refractivity (Wildman–Crippen MR) is 74.1 cm³/mol. The van der Waals surface area contributed by atoms with Crippen molar-refractivity contribution in [2.24, 2.45) is 11.7 Å². The molecular formula is C15H30N2. The van der Waals surface area contributed by atoms with Crippen LogP contribution < -0.4 is 5.73 Å². The molecule has 0 aromatic rings. The van der Waals surface area contributed by atoms with E-state index in [9.17, 15) is 0 Å². The van der Waals surface area contributed by atoms with Gasteiger partial charge in [0.05, 0.1) is 0 Å². The molecule has 1 unspecified atom stereocenters. The van der Waals surface area contributed by atoms with Gasteiger partial charge >= 0.3 is 0 Å². The lowest BCUT2D eigenvalue weighted by Crippen LogP contribution is -2.40. The molecule has 0 spiro atoms. The first-order chi connectivity index (χ1) is 8.29. The lowest BCUT2D eigenvalue weighted by Gasteiger charge is -2.35. The van der Waals surface area contributed by atoms with Crippen LogP contribution in [0.25, 0.3) is 0 Å². The number of hydrogen-bond acceptors (Lipinski definition) is 2. The zero-order valence-corrected chi connectivity index (χ0v) is 11.5. The van der Waals surface area contributed by atoms with Crippen LogP contribution in [-0.2, 0) is 0 Å². The SMILES string of the molecule is CCC1CCCCCN1CC1CCC(N)CC1. The van der Waals surface area contributed by atoms with Gasteiger partial charge in [-0.15, -0.1) is 0 Å². The standard InChI is InChI=1S/C15H30N2/c1-2-15-6-4-3-5-11-17(15)12-13-7-9-14(16)10-8-13/h13-15H,2-12,16H2,1H3. The smallest absolute Gasteiger partial charge is 0.00927 e. The first-order valence-electron chi connectivity index (χ1n) is 7.79. The fourth-order valence-corrected chi connectivity index (χ4v) is 3.64. The third-order valence-corrected chi connectivity index (χ3v) is 4.85. The van der Waals surface area contributed by atoms with Crippen molar-refractivity contribution >= 4 is 0 Å². The molecule has 0 radical (unpaired) electrons. The molecular weight excluding hydrogens is 208 g/mol. The molecule has 100 valence electrons. The summed E-state index contributed by atoms with van der Waals surface area (Å²) in [6.45, 7) is 5.06. The molecule has 1 heterocycles. The Hall–Kier alpha value is -0.0800. The van der Waals surface area contributed by atoms with Crippen LogP contribution in [0.4, 0.5) is 0 Å². The molecule has 0 aromatic carbocycles. The van der Waals surface area contributed by atoms with Crippen LogP contribution in [-0.4, -0.2) is 30.1 Å². The topological polar surface area (TPSA) is 29.3 Å². The molecule has 1 atom stereocenters. The maximum Gasteiger partial charge on any atom is 0.00927 e. The van der Waals surface area contributed by atoms with Crippen molar-refractivity contribution in [3.63, 3.8) is 0 Å². The average molecular weight is 238 g/mol. The summed E-state index contributed by atoms with van der Waals surface area (Å²) in [4.78, 5) is 2.80. The van der Waals surface area contributed by atoms with E-state index >= 15 is 0 Å². The minimum absolute atomic E-state index is 0.498. The van der Waals surface area contributed by atoms with Crippen molar-refractivity contribution < 1.29 is 0 Å². The van der Waals surface area contributed by atoms with E-state index in [-0.39, 0.29) is 0 Å². The van der Waals surface area contributed by atoms with Gasteiger partial charge in [-0.1, -0.05) is 19.8 Å². The molecule has 0 aromatic heterocycles. The molecule has 2 N–H and O–H groups in total. The first-order valence-corrected chi connectivity index (χ1v) is 7.79. The molecule has 1 saturated carbocycles. The van der Waals surface area contributed by atoms with Gasteiger partial charge in [-0.2, -0.15) is 0 Å². The van der Waals surface area contributed by atoms with Gasteiger partial charge < -0.3 is 10.6 Å². The molecule has 2 nitrogen and oxygen atoms in total. The molecule has 1 saturated heterocycles. The van der Waals surface area contributed by atoms with Gasteiger partial charge in [0.2, 0.25) is 0 Å². The monoisotopic (exact) mass is 238 g/mol. The number of nitrogens with zero attached hydrogens (tertiary/aromatic N) is 1. The minimum atomic E-state index is 0.498. The van der Waals surface area contributed by atoms with Crippen LogP contribution in [0.5, 0.6) is 0 Å². The summed E-state index contributed by atoms with van der Waals surface area (Å²) in [6, 6.07) is 1.37. The highest BCUT2D eigenvalue weighted by Crippen LogP contribution is 2.27. The van der Waals surface area contributed by atoms with Crippen molar-refractivity contribution in [3.8, 4) is 0 Å². The number of hydrogen-bond donors (Lipinski definition) is 1. The summed E-state index contributed by atoms with van der Waals surface area (Å²) in [5, 5.41) is 0. The van der Waals surface area contributed by atoms with Crippen LogP contribution in [0.1, 0.15) is 64.7 Å². The maximum absolute atomic E-state index is 5.99. The normalized spacial score (nSPS) is 36.7. The second-order valence-electron chi connectivity index (χ2n) is 6.19. The van der Waals surface area contributed by atoms with E-state index in [1.54, 1.807) is 0 Å². The second kappa shape index (κ2) is 6.75. The van der Waals surface area contributed by atoms with Crippen molar-refractivity contribution in [1.29, 1.82) is 0 Å². The summed E-state index contributed by atoms with van der Waals surface area (Å²) in [6.07, 6.45) is 12.3. The van der Waals surface area contributed by atoms with Gasteiger partial charge in [0.15, 0.2) is 0 Å². The van der Waals surface area contributed by atoms with Crippen molar-refractivity contribution in [2.75, 3.05) is 13.1 Å². The van der Waals surface area contributed by atoms with Gasteiger partial charge in [0, 0.05) is 18.6 Å². The molecule has 2 aliphatic rings. The predicted octanol–water partition coefficient (Wildman–Crippen LogP) is 3.16. The Morgan fingerprint density at radius 1 is 1.00 bits per heavy atom. The Morgan fingerprint density at radius 2 is 1.76 bits per heavy atom. The van der Waals surface area contributed by atoms with E-state index in [4.69, 9.17) is 5.73 Å². The van der Waals surface area contributed by atoms with Crippen LogP contribution in [0.15, 0.2) is 0 Å². The van der Waals surface area contributed by atoms with E-state index in [0.717, 1.165) is 12.0 Å². The van der Waals surface area contributed by atoms with Gasteiger partial charge in [0.1, 0.15) is 0 Å². The van der Waals surface area contributed by atoms with E-state index in [1.807, 2.05) is 0 Å². The summed E-state index contributed by atoms with van der Waals surface area (Å²) in [7, 11) is 0. The van der Waals surface area contributed by atoms with E-state index in [2.05, 4.69) is 11.8 Å². The van der Waals surface area contributed by atoms with Crippen LogP contribution in [0.2, 0.25) is 0 Å². The Labute approximate surface area is 107 Å². The summed E-state index contributed by atoms with van der Waals surface area (Å²) < 4.78 is 0. The minimum Gasteiger partial charge on any atom is -0.328 e. The summed E-state index contributed by atoms with van der Waals surface area (Å²) in [5.41, 5.74) is 5.99. The fraction of sp³-hybridized carbons (Fsp3) is 1.00. The highest BCUT2D eigenvalue weighted by Gasteiger charge is 2.25. The zero-order chi connectivity index (χ0) is 12.1. The third kappa shape index (κ3) is 3.96. The molecule has 1 aliphatic carbocycles. The van der Waals surface area contributed by atoms with Crippen molar-refractivity contribution in [2.45, 2.75) is 76.8 Å². The number of rotatable bonds is 3. The molecule has 0 amide bonds. The van der Waals surface area contributed by atoms with E-state index in [0.29, 0.717) is 6.04 Å². The first kappa shape index (κ1) is 13.4. The Balaban J connectivity index is 1.82. The van der Waals surface area contributed by atoms with Gasteiger partial charge in [-0.3, -0.25) is 0 Å². The van der Waals surface area contributed by atoms with E-state index in [1.165, 1.54) is 70.9 Å². The lowest BCUT2D eigenvalue weighted by molar-refractivity contribution is 0.144. The Kier molecular flexibility index (Phi) is 5.30. The van der Waals surface area contributed by atoms with Crippen molar-refractivity contribution in [1.82, 2.24) is 4.90 Å². The largest absolute Gasteiger partial charge is 0.328 e. The van der Waals surface area contributed by atoms with Gasteiger partial charge in [0.25, 0.3) is 0 Å². The molecule has 1 aliphatic heterocycles. The van der Waals surface area contributed by atoms with Crippen LogP contribution >= 0.6 is 0 Å². The molecule has 2 fully saturated rings. The summed E-state index contributed by atoms with van der Waals surface area (Å²) >= 11 is 0. The number of nitrogens with two attached hydrogens (primary N) is 1. The highest BCUT2D eigenvalue weighted by atomic mass is 15.2. The molecule has 0 bridgehead atoms. The molecule has 17 heavy (non-hydrogen) atoms. The van der Waals surface area contributed by atoms with Gasteiger partial charge in [-0.25, -0.2) is 0 Å². The second-order valence-corrected chi connectivity index (χ2v) is 6.19. The Bertz CT molecular complexity index is 209. The third-order valence-electron chi connectivity index (χ3n) is 4.85. The molecule has 2 rings (SSSR count). The molecule has 2 heteroatoms. The summed E-state index contributed by atoms with van der Waals surface area (Å²) in [5.74, 6) is 0.932. The Morgan fingerprint density at radius 3 is 2.47 bits per heavy atom. The highest BCUT2D eigenvalue weighted by molar-refractivity contribution is 4.80. The van der Waals surface area contributed by atoms with Crippen molar-refractivity contribution in [3.05, 3.63) is 0 Å². The number of likely N-dealkylation sites (tertiary alicyclic amines) is 1. The van der Waals surface area contributed by atoms with Crippen LogP contribution in [0.3, 0.4) is 0 Å². The quantitative estimate of drug-likeness (QED) is 0.818. The fourth-order valence-electron chi connectivity index (χ4n) is 3.64.